The quantitative estimate of drug-likeness (QED) is 0.891. The van der Waals surface area contributed by atoms with E-state index < -0.39 is 5.60 Å². The van der Waals surface area contributed by atoms with Crippen LogP contribution in [0.1, 0.15) is 54.1 Å². The summed E-state index contributed by atoms with van der Waals surface area (Å²) >= 11 is 1.53. The zero-order valence-corrected chi connectivity index (χ0v) is 12.6. The predicted molar refractivity (Wildman–Crippen MR) is 78.6 cm³/mol. The molecule has 1 aliphatic rings. The van der Waals surface area contributed by atoms with Crippen LogP contribution in [0.5, 0.6) is 0 Å². The lowest BCUT2D eigenvalue weighted by molar-refractivity contribution is -0.0109. The zero-order valence-electron chi connectivity index (χ0n) is 11.7. The molecule has 0 aromatic carbocycles. The number of thiophene rings is 1. The molecule has 0 bridgehead atoms. The Hall–Kier alpha value is -0.870. The van der Waals surface area contributed by atoms with Crippen LogP contribution in [0.15, 0.2) is 12.1 Å². The normalized spacial score (nSPS) is 27.2. The van der Waals surface area contributed by atoms with Crippen molar-refractivity contribution in [3.8, 4) is 0 Å². The number of rotatable bonds is 4. The third-order valence-electron chi connectivity index (χ3n) is 3.88. The molecule has 1 heterocycles. The summed E-state index contributed by atoms with van der Waals surface area (Å²) in [6, 6.07) is 3.86. The lowest BCUT2D eigenvalue weighted by Crippen LogP contribution is -2.45. The zero-order chi connectivity index (χ0) is 13.9. The monoisotopic (exact) mass is 281 g/mol. The highest BCUT2D eigenvalue weighted by Crippen LogP contribution is 2.31. The molecule has 3 nitrogen and oxygen atoms in total. The number of amides is 1. The molecule has 19 heavy (non-hydrogen) atoms. The van der Waals surface area contributed by atoms with E-state index >= 15 is 0 Å². The Morgan fingerprint density at radius 3 is 3.00 bits per heavy atom. The van der Waals surface area contributed by atoms with E-state index in [-0.39, 0.29) is 5.91 Å². The fraction of sp³-hybridized carbons (Fsp3) is 0.667. The smallest absolute Gasteiger partial charge is 0.261 e. The first-order valence-electron chi connectivity index (χ1n) is 7.12. The van der Waals surface area contributed by atoms with Gasteiger partial charge in [0.15, 0.2) is 0 Å². The standard InChI is InChI=1S/C15H23NO2S/c1-3-12-6-7-13(19-12)14(17)16-10-15(18)8-4-5-11(2)9-15/h6-7,11,18H,3-5,8-10H2,1-2H3,(H,16,17). The highest BCUT2D eigenvalue weighted by Gasteiger charge is 2.32. The minimum Gasteiger partial charge on any atom is -0.388 e. The molecule has 4 heteroatoms. The molecule has 0 saturated heterocycles. The first-order chi connectivity index (χ1) is 9.02. The molecule has 1 fully saturated rings. The summed E-state index contributed by atoms with van der Waals surface area (Å²) in [4.78, 5) is 14.0. The maximum atomic E-state index is 12.0. The third-order valence-corrected chi connectivity index (χ3v) is 5.11. The number of carbonyl (C=O) groups is 1. The van der Waals surface area contributed by atoms with Gasteiger partial charge in [0.05, 0.1) is 10.5 Å². The molecule has 0 aliphatic heterocycles. The summed E-state index contributed by atoms with van der Waals surface area (Å²) < 4.78 is 0. The van der Waals surface area contributed by atoms with Gasteiger partial charge in [-0.2, -0.15) is 0 Å². The lowest BCUT2D eigenvalue weighted by Gasteiger charge is -2.35. The van der Waals surface area contributed by atoms with Gasteiger partial charge < -0.3 is 10.4 Å². The van der Waals surface area contributed by atoms with Crippen LogP contribution in [0.25, 0.3) is 0 Å². The highest BCUT2D eigenvalue weighted by molar-refractivity contribution is 7.14. The van der Waals surface area contributed by atoms with E-state index in [0.29, 0.717) is 12.5 Å². The molecule has 1 aromatic rings. The SMILES string of the molecule is CCc1ccc(C(=O)NCC2(O)CCCC(C)C2)s1. The summed E-state index contributed by atoms with van der Waals surface area (Å²) in [5.41, 5.74) is -0.710. The minimum atomic E-state index is -0.710. The molecule has 1 saturated carbocycles. The maximum Gasteiger partial charge on any atom is 0.261 e. The van der Waals surface area contributed by atoms with Crippen molar-refractivity contribution in [2.45, 2.75) is 51.6 Å². The summed E-state index contributed by atoms with van der Waals surface area (Å²) in [5, 5.41) is 13.4. The molecular weight excluding hydrogens is 258 g/mol. The van der Waals surface area contributed by atoms with Crippen molar-refractivity contribution in [1.29, 1.82) is 0 Å². The van der Waals surface area contributed by atoms with E-state index in [1.54, 1.807) is 0 Å². The fourth-order valence-corrected chi connectivity index (χ4v) is 3.68. The van der Waals surface area contributed by atoms with Gasteiger partial charge in [0.25, 0.3) is 5.91 Å². The fourth-order valence-electron chi connectivity index (χ4n) is 2.81. The van der Waals surface area contributed by atoms with E-state index in [0.717, 1.165) is 30.6 Å². The Morgan fingerprint density at radius 2 is 2.37 bits per heavy atom. The molecule has 2 unspecified atom stereocenters. The molecule has 0 radical (unpaired) electrons. The van der Waals surface area contributed by atoms with Crippen molar-refractivity contribution in [2.24, 2.45) is 5.92 Å². The second-order valence-electron chi connectivity index (χ2n) is 5.73. The van der Waals surface area contributed by atoms with Crippen LogP contribution in [-0.2, 0) is 6.42 Å². The average molecular weight is 281 g/mol. The van der Waals surface area contributed by atoms with Crippen molar-refractivity contribution >= 4 is 17.2 Å². The number of hydrogen-bond acceptors (Lipinski definition) is 3. The molecule has 1 aromatic heterocycles. The Bertz CT molecular complexity index is 443. The second-order valence-corrected chi connectivity index (χ2v) is 6.90. The number of carbonyl (C=O) groups excluding carboxylic acids is 1. The van der Waals surface area contributed by atoms with Gasteiger partial charge in [0, 0.05) is 11.4 Å². The summed E-state index contributed by atoms with van der Waals surface area (Å²) in [6.45, 7) is 4.62. The molecule has 106 valence electrons. The summed E-state index contributed by atoms with van der Waals surface area (Å²) in [5.74, 6) is 0.487. The van der Waals surface area contributed by atoms with E-state index in [2.05, 4.69) is 19.2 Å². The minimum absolute atomic E-state index is 0.0589. The third kappa shape index (κ3) is 3.80. The van der Waals surface area contributed by atoms with Gasteiger partial charge in [-0.25, -0.2) is 0 Å². The van der Waals surface area contributed by atoms with Crippen molar-refractivity contribution in [3.63, 3.8) is 0 Å². The first-order valence-corrected chi connectivity index (χ1v) is 7.93. The molecular formula is C15H23NO2S. The predicted octanol–water partition coefficient (Wildman–Crippen LogP) is 2.98. The Morgan fingerprint density at radius 1 is 1.58 bits per heavy atom. The van der Waals surface area contributed by atoms with Crippen LogP contribution >= 0.6 is 11.3 Å². The van der Waals surface area contributed by atoms with Gasteiger partial charge in [-0.1, -0.05) is 26.7 Å². The number of aryl methyl sites for hydroxylation is 1. The second kappa shape index (κ2) is 6.06. The lowest BCUT2D eigenvalue weighted by atomic mass is 9.79. The number of nitrogens with one attached hydrogen (secondary N) is 1. The molecule has 1 aliphatic carbocycles. The number of hydrogen-bond donors (Lipinski definition) is 2. The Balaban J connectivity index is 1.89. The highest BCUT2D eigenvalue weighted by atomic mass is 32.1. The first kappa shape index (κ1) is 14.5. The van der Waals surface area contributed by atoms with Crippen molar-refractivity contribution in [3.05, 3.63) is 21.9 Å². The van der Waals surface area contributed by atoms with E-state index in [4.69, 9.17) is 0 Å². The van der Waals surface area contributed by atoms with Crippen molar-refractivity contribution < 1.29 is 9.90 Å². The molecule has 1 amide bonds. The van der Waals surface area contributed by atoms with Gasteiger partial charge in [-0.05, 0) is 37.3 Å². The van der Waals surface area contributed by atoms with Gasteiger partial charge in [0.2, 0.25) is 0 Å². The van der Waals surface area contributed by atoms with Crippen LogP contribution in [0.2, 0.25) is 0 Å². The van der Waals surface area contributed by atoms with Crippen LogP contribution in [-0.4, -0.2) is 23.2 Å². The molecule has 2 N–H and O–H groups in total. The van der Waals surface area contributed by atoms with E-state index in [1.807, 2.05) is 12.1 Å². The Labute approximate surface area is 119 Å². The average Bonchev–Trinajstić information content (AvgIpc) is 2.84. The van der Waals surface area contributed by atoms with Crippen LogP contribution in [0, 0.1) is 5.92 Å². The van der Waals surface area contributed by atoms with Gasteiger partial charge in [-0.15, -0.1) is 11.3 Å². The van der Waals surface area contributed by atoms with Crippen molar-refractivity contribution in [2.75, 3.05) is 6.54 Å². The van der Waals surface area contributed by atoms with Gasteiger partial charge >= 0.3 is 0 Å². The maximum absolute atomic E-state index is 12.0. The van der Waals surface area contributed by atoms with Crippen LogP contribution in [0.4, 0.5) is 0 Å². The Kier molecular flexibility index (Phi) is 4.63. The van der Waals surface area contributed by atoms with Crippen LogP contribution < -0.4 is 5.32 Å². The molecule has 2 atom stereocenters. The summed E-state index contributed by atoms with van der Waals surface area (Å²) in [7, 11) is 0. The topological polar surface area (TPSA) is 49.3 Å². The van der Waals surface area contributed by atoms with Crippen LogP contribution in [0.3, 0.4) is 0 Å². The van der Waals surface area contributed by atoms with Crippen molar-refractivity contribution in [1.82, 2.24) is 5.32 Å². The molecule has 2 rings (SSSR count). The van der Waals surface area contributed by atoms with E-state index in [9.17, 15) is 9.90 Å². The van der Waals surface area contributed by atoms with Gasteiger partial charge in [-0.3, -0.25) is 4.79 Å². The van der Waals surface area contributed by atoms with E-state index in [1.165, 1.54) is 22.6 Å². The summed E-state index contributed by atoms with van der Waals surface area (Å²) in [6.07, 6.45) is 4.77. The number of aliphatic hydroxyl groups is 1. The van der Waals surface area contributed by atoms with Gasteiger partial charge in [0.1, 0.15) is 0 Å². The largest absolute Gasteiger partial charge is 0.388 e. The molecule has 0 spiro atoms.